The van der Waals surface area contributed by atoms with Gasteiger partial charge in [0.2, 0.25) is 0 Å². The van der Waals surface area contributed by atoms with E-state index in [1.807, 2.05) is 0 Å². The minimum absolute atomic E-state index is 0.0293. The van der Waals surface area contributed by atoms with Crippen LogP contribution in [0.15, 0.2) is 12.7 Å². The first-order valence-electron chi connectivity index (χ1n) is 13.7. The fraction of sp³-hybridized carbons (Fsp3) is 0.920. The SMILES string of the molecule is C=CC(CCCCCO)OC1OC(COC2OCC(O)C(O)C2O)C(O)C(O)C1OC1OC(CO)C(O)C(O)C1O. The minimum Gasteiger partial charge on any atom is -0.396 e. The molecule has 3 saturated heterocycles. The molecule has 0 saturated carbocycles. The van der Waals surface area contributed by atoms with E-state index in [0.29, 0.717) is 25.7 Å². The van der Waals surface area contributed by atoms with Crippen molar-refractivity contribution in [3.8, 4) is 0 Å². The zero-order valence-corrected chi connectivity index (χ0v) is 22.5. The highest BCUT2D eigenvalue weighted by Crippen LogP contribution is 2.31. The summed E-state index contributed by atoms with van der Waals surface area (Å²) in [5.74, 6) is 0. The van der Waals surface area contributed by atoms with Gasteiger partial charge in [-0.2, -0.15) is 0 Å². The van der Waals surface area contributed by atoms with Crippen molar-refractivity contribution in [3.63, 3.8) is 0 Å². The van der Waals surface area contributed by atoms with E-state index in [1.54, 1.807) is 0 Å². The van der Waals surface area contributed by atoms with Gasteiger partial charge in [-0.25, -0.2) is 0 Å². The highest BCUT2D eigenvalue weighted by molar-refractivity contribution is 4.95. The Morgan fingerprint density at radius 2 is 1.39 bits per heavy atom. The third-order valence-electron chi connectivity index (χ3n) is 7.38. The fourth-order valence-corrected chi connectivity index (χ4v) is 4.80. The van der Waals surface area contributed by atoms with Gasteiger partial charge in [0.25, 0.3) is 0 Å². The quantitative estimate of drug-likeness (QED) is 0.0663. The van der Waals surface area contributed by atoms with Crippen LogP contribution in [0.25, 0.3) is 0 Å². The van der Waals surface area contributed by atoms with Crippen molar-refractivity contribution in [1.82, 2.24) is 0 Å². The smallest absolute Gasteiger partial charge is 0.187 e. The molecule has 15 atom stereocenters. The van der Waals surface area contributed by atoms with Crippen LogP contribution in [0, 0.1) is 0 Å². The second kappa shape index (κ2) is 16.2. The second-order valence-corrected chi connectivity index (χ2v) is 10.4. The molecule has 16 heteroatoms. The van der Waals surface area contributed by atoms with Gasteiger partial charge in [-0.15, -0.1) is 6.58 Å². The number of aliphatic hydroxyl groups excluding tert-OH is 10. The zero-order valence-electron chi connectivity index (χ0n) is 22.5. The van der Waals surface area contributed by atoms with Gasteiger partial charge in [0.1, 0.15) is 67.1 Å². The summed E-state index contributed by atoms with van der Waals surface area (Å²) in [5, 5.41) is 101. The molecule has 0 radical (unpaired) electrons. The van der Waals surface area contributed by atoms with Crippen LogP contribution in [0.5, 0.6) is 0 Å². The largest absolute Gasteiger partial charge is 0.396 e. The van der Waals surface area contributed by atoms with E-state index in [2.05, 4.69) is 6.58 Å². The third kappa shape index (κ3) is 8.60. The molecule has 0 bridgehead atoms. The predicted molar refractivity (Wildman–Crippen MR) is 134 cm³/mol. The van der Waals surface area contributed by atoms with E-state index in [-0.39, 0.29) is 13.2 Å². The molecule has 16 nitrogen and oxygen atoms in total. The van der Waals surface area contributed by atoms with E-state index < -0.39 is 105 Å². The van der Waals surface area contributed by atoms with Crippen LogP contribution in [-0.2, 0) is 28.4 Å². The molecule has 41 heavy (non-hydrogen) atoms. The molecule has 0 spiro atoms. The summed E-state index contributed by atoms with van der Waals surface area (Å²) in [7, 11) is 0. The number of rotatable bonds is 14. The molecule has 3 rings (SSSR count). The molecule has 3 aliphatic heterocycles. The van der Waals surface area contributed by atoms with Gasteiger partial charge in [0.15, 0.2) is 18.9 Å². The van der Waals surface area contributed by atoms with Gasteiger partial charge >= 0.3 is 0 Å². The Morgan fingerprint density at radius 3 is 2.05 bits per heavy atom. The fourth-order valence-electron chi connectivity index (χ4n) is 4.80. The molecule has 240 valence electrons. The lowest BCUT2D eigenvalue weighted by molar-refractivity contribution is -0.373. The van der Waals surface area contributed by atoms with Crippen LogP contribution in [0.4, 0.5) is 0 Å². The zero-order chi connectivity index (χ0) is 30.3. The van der Waals surface area contributed by atoms with E-state index in [0.717, 1.165) is 0 Å². The van der Waals surface area contributed by atoms with E-state index in [1.165, 1.54) is 6.08 Å². The molecule has 15 unspecified atom stereocenters. The highest BCUT2D eigenvalue weighted by Gasteiger charge is 2.51. The molecule has 0 aromatic heterocycles. The first-order chi connectivity index (χ1) is 19.5. The highest BCUT2D eigenvalue weighted by atomic mass is 16.8. The Hall–Kier alpha value is -0.900. The monoisotopic (exact) mass is 600 g/mol. The van der Waals surface area contributed by atoms with Crippen LogP contribution in [0.1, 0.15) is 25.7 Å². The standard InChI is InChI=1S/C25H44O16/c1-2-11(6-4-3-5-7-26)38-25-22(41-24-21(35)18(32)16(30)13(8-27)39-24)19(33)17(31)14(40-25)10-37-23-20(34)15(29)12(28)9-36-23/h2,11-35H,1,3-10H2. The normalized spacial score (nSPS) is 44.4. The van der Waals surface area contributed by atoms with Crippen molar-refractivity contribution in [3.05, 3.63) is 12.7 Å². The van der Waals surface area contributed by atoms with Crippen LogP contribution in [0.3, 0.4) is 0 Å². The third-order valence-corrected chi connectivity index (χ3v) is 7.38. The summed E-state index contributed by atoms with van der Waals surface area (Å²) in [4.78, 5) is 0. The molecule has 10 N–H and O–H groups in total. The first-order valence-corrected chi connectivity index (χ1v) is 13.7. The molecule has 3 fully saturated rings. The predicted octanol–water partition coefficient (Wildman–Crippen LogP) is -4.80. The van der Waals surface area contributed by atoms with Crippen molar-refractivity contribution < 1.29 is 79.5 Å². The van der Waals surface area contributed by atoms with Crippen LogP contribution >= 0.6 is 0 Å². The van der Waals surface area contributed by atoms with Crippen LogP contribution in [0.2, 0.25) is 0 Å². The Balaban J connectivity index is 1.74. The summed E-state index contributed by atoms with van der Waals surface area (Å²) in [6.45, 7) is 2.26. The van der Waals surface area contributed by atoms with Crippen molar-refractivity contribution >= 4 is 0 Å². The van der Waals surface area contributed by atoms with Gasteiger partial charge in [-0.05, 0) is 12.8 Å². The van der Waals surface area contributed by atoms with E-state index in [9.17, 15) is 46.0 Å². The molecule has 0 amide bonds. The molecule has 0 aromatic rings. The summed E-state index contributed by atoms with van der Waals surface area (Å²) in [6, 6.07) is 0. The Kier molecular flexibility index (Phi) is 13.7. The number of hydrogen-bond donors (Lipinski definition) is 10. The minimum atomic E-state index is -1.81. The van der Waals surface area contributed by atoms with E-state index >= 15 is 0 Å². The van der Waals surface area contributed by atoms with Crippen LogP contribution < -0.4 is 0 Å². The van der Waals surface area contributed by atoms with Crippen LogP contribution in [-0.4, -0.2) is 170 Å². The van der Waals surface area contributed by atoms with Gasteiger partial charge in [0.05, 0.1) is 25.9 Å². The molecular weight excluding hydrogens is 556 g/mol. The van der Waals surface area contributed by atoms with Crippen molar-refractivity contribution in [2.75, 3.05) is 26.4 Å². The number of ether oxygens (including phenoxy) is 6. The lowest BCUT2D eigenvalue weighted by Gasteiger charge is -2.46. The summed E-state index contributed by atoms with van der Waals surface area (Å²) in [5.41, 5.74) is 0. The molecule has 0 aliphatic carbocycles. The van der Waals surface area contributed by atoms with Gasteiger partial charge < -0.3 is 79.5 Å². The van der Waals surface area contributed by atoms with Crippen molar-refractivity contribution in [2.24, 2.45) is 0 Å². The Morgan fingerprint density at radius 1 is 0.732 bits per heavy atom. The molecule has 3 heterocycles. The average Bonchev–Trinajstić information content (AvgIpc) is 2.96. The Labute approximate surface area is 236 Å². The molecule has 0 aromatic carbocycles. The maximum atomic E-state index is 11.0. The maximum Gasteiger partial charge on any atom is 0.187 e. The lowest BCUT2D eigenvalue weighted by atomic mass is 9.97. The number of hydrogen-bond acceptors (Lipinski definition) is 16. The van der Waals surface area contributed by atoms with Gasteiger partial charge in [0, 0.05) is 6.61 Å². The van der Waals surface area contributed by atoms with Crippen molar-refractivity contribution in [2.45, 2.75) is 118 Å². The summed E-state index contributed by atoms with van der Waals surface area (Å²) in [6.07, 6.45) is -18.5. The van der Waals surface area contributed by atoms with Crippen molar-refractivity contribution in [1.29, 1.82) is 0 Å². The van der Waals surface area contributed by atoms with E-state index in [4.69, 9.17) is 33.5 Å². The number of unbranched alkanes of at least 4 members (excludes halogenated alkanes) is 2. The first kappa shape index (κ1) is 34.6. The number of aliphatic hydroxyl groups is 10. The molecule has 3 aliphatic rings. The lowest BCUT2D eigenvalue weighted by Crippen LogP contribution is -2.65. The average molecular weight is 601 g/mol. The Bertz CT molecular complexity index is 774. The summed E-state index contributed by atoms with van der Waals surface area (Å²) < 4.78 is 33.6. The molecular formula is C25H44O16. The topological polar surface area (TPSA) is 258 Å². The van der Waals surface area contributed by atoms with Gasteiger partial charge in [-0.1, -0.05) is 18.9 Å². The maximum absolute atomic E-state index is 11.0. The van der Waals surface area contributed by atoms with Gasteiger partial charge in [-0.3, -0.25) is 0 Å². The summed E-state index contributed by atoms with van der Waals surface area (Å²) >= 11 is 0. The second-order valence-electron chi connectivity index (χ2n) is 10.4.